The van der Waals surface area contributed by atoms with E-state index in [-0.39, 0.29) is 0 Å². The highest BCUT2D eigenvalue weighted by molar-refractivity contribution is 9.09. The lowest BCUT2D eigenvalue weighted by atomic mass is 10.3. The van der Waals surface area contributed by atoms with Crippen molar-refractivity contribution < 1.29 is 0 Å². The summed E-state index contributed by atoms with van der Waals surface area (Å²) in [4.78, 5) is 2.47. The molecular weight excluding hydrogens is 290 g/mol. The van der Waals surface area contributed by atoms with Gasteiger partial charge in [-0.1, -0.05) is 36.2 Å². The first-order valence-electron chi connectivity index (χ1n) is 7.03. The molecule has 0 saturated heterocycles. The first-order valence-corrected chi connectivity index (χ1v) is 8.15. The second-order valence-electron chi connectivity index (χ2n) is 4.86. The number of rotatable bonds is 9. The third kappa shape index (κ3) is 5.11. The van der Waals surface area contributed by atoms with Crippen molar-refractivity contribution in [3.63, 3.8) is 0 Å². The third-order valence-electron chi connectivity index (χ3n) is 3.32. The summed E-state index contributed by atoms with van der Waals surface area (Å²) in [5.74, 6) is 0. The molecule has 0 aliphatic rings. The van der Waals surface area contributed by atoms with Crippen molar-refractivity contribution in [3.8, 4) is 0 Å². The van der Waals surface area contributed by atoms with Crippen LogP contribution >= 0.6 is 15.9 Å². The Morgan fingerprint density at radius 2 is 2.17 bits per heavy atom. The van der Waals surface area contributed by atoms with Gasteiger partial charge in [-0.25, -0.2) is 0 Å². The summed E-state index contributed by atoms with van der Waals surface area (Å²) >= 11 is 3.53. The minimum Gasteiger partial charge on any atom is -0.297 e. The SMILES string of the molecule is CCCCN(CCBr)Cc1ccn(C(C)CC)n1. The molecule has 0 N–H and O–H groups in total. The second kappa shape index (κ2) is 8.70. The molecule has 3 nitrogen and oxygen atoms in total. The van der Waals surface area contributed by atoms with Gasteiger partial charge in [0.25, 0.3) is 0 Å². The van der Waals surface area contributed by atoms with Gasteiger partial charge in [0.2, 0.25) is 0 Å². The highest BCUT2D eigenvalue weighted by Gasteiger charge is 2.09. The standard InChI is InChI=1S/C14H26BrN3/c1-4-6-9-17(11-8-15)12-14-7-10-18(16-14)13(3)5-2/h7,10,13H,4-6,8-9,11-12H2,1-3H3. The first-order chi connectivity index (χ1) is 8.71. The fourth-order valence-corrected chi connectivity index (χ4v) is 2.40. The predicted octanol–water partition coefficient (Wildman–Crippen LogP) is 3.85. The topological polar surface area (TPSA) is 21.1 Å². The molecule has 0 amide bonds. The molecule has 0 saturated carbocycles. The van der Waals surface area contributed by atoms with Crippen molar-refractivity contribution in [2.75, 3.05) is 18.4 Å². The van der Waals surface area contributed by atoms with Crippen LogP contribution < -0.4 is 0 Å². The van der Waals surface area contributed by atoms with Gasteiger partial charge >= 0.3 is 0 Å². The van der Waals surface area contributed by atoms with E-state index in [2.05, 4.69) is 63.6 Å². The molecule has 0 spiro atoms. The Labute approximate surface area is 120 Å². The number of halogens is 1. The molecule has 1 aromatic rings. The summed E-state index contributed by atoms with van der Waals surface area (Å²) in [5.41, 5.74) is 1.19. The van der Waals surface area contributed by atoms with Crippen LogP contribution in [0.4, 0.5) is 0 Å². The van der Waals surface area contributed by atoms with Crippen LogP contribution in [0, 0.1) is 0 Å². The maximum Gasteiger partial charge on any atom is 0.0764 e. The quantitative estimate of drug-likeness (QED) is 0.645. The van der Waals surface area contributed by atoms with Crippen molar-refractivity contribution in [2.24, 2.45) is 0 Å². The molecule has 4 heteroatoms. The third-order valence-corrected chi connectivity index (χ3v) is 3.67. The lowest BCUT2D eigenvalue weighted by molar-refractivity contribution is 0.273. The van der Waals surface area contributed by atoms with E-state index in [0.717, 1.165) is 31.4 Å². The van der Waals surface area contributed by atoms with Gasteiger partial charge in [-0.15, -0.1) is 0 Å². The number of unbranched alkanes of at least 4 members (excludes halogenated alkanes) is 1. The van der Waals surface area contributed by atoms with Crippen LogP contribution in [0.3, 0.4) is 0 Å². The normalized spacial score (nSPS) is 13.2. The smallest absolute Gasteiger partial charge is 0.0764 e. The van der Waals surface area contributed by atoms with Crippen LogP contribution in [0.15, 0.2) is 12.3 Å². The molecule has 1 atom stereocenters. The molecule has 1 heterocycles. The van der Waals surface area contributed by atoms with Crippen LogP contribution in [0.25, 0.3) is 0 Å². The lowest BCUT2D eigenvalue weighted by Gasteiger charge is -2.19. The Balaban J connectivity index is 2.54. The Hall–Kier alpha value is -0.350. The number of nitrogens with zero attached hydrogens (tertiary/aromatic N) is 3. The zero-order valence-electron chi connectivity index (χ0n) is 11.9. The summed E-state index contributed by atoms with van der Waals surface area (Å²) in [6, 6.07) is 2.65. The van der Waals surface area contributed by atoms with Gasteiger partial charge in [0.1, 0.15) is 0 Å². The zero-order chi connectivity index (χ0) is 13.4. The molecule has 0 radical (unpaired) electrons. The molecule has 1 unspecified atom stereocenters. The van der Waals surface area contributed by atoms with Crippen LogP contribution in [0.2, 0.25) is 0 Å². The lowest BCUT2D eigenvalue weighted by Crippen LogP contribution is -2.26. The molecule has 1 rings (SSSR count). The Morgan fingerprint density at radius 3 is 2.78 bits per heavy atom. The van der Waals surface area contributed by atoms with Gasteiger partial charge < -0.3 is 0 Å². The van der Waals surface area contributed by atoms with Crippen LogP contribution in [0.5, 0.6) is 0 Å². The van der Waals surface area contributed by atoms with E-state index >= 15 is 0 Å². The minimum atomic E-state index is 0.499. The Morgan fingerprint density at radius 1 is 1.39 bits per heavy atom. The van der Waals surface area contributed by atoms with Crippen molar-refractivity contribution in [1.82, 2.24) is 14.7 Å². The average Bonchev–Trinajstić information content (AvgIpc) is 2.83. The number of alkyl halides is 1. The number of hydrogen-bond acceptors (Lipinski definition) is 2. The summed E-state index contributed by atoms with van der Waals surface area (Å²) in [7, 11) is 0. The summed E-state index contributed by atoms with van der Waals surface area (Å²) < 4.78 is 2.08. The van der Waals surface area contributed by atoms with E-state index in [1.807, 2.05) is 0 Å². The van der Waals surface area contributed by atoms with E-state index in [1.165, 1.54) is 18.5 Å². The second-order valence-corrected chi connectivity index (χ2v) is 5.66. The zero-order valence-corrected chi connectivity index (χ0v) is 13.5. The molecule has 18 heavy (non-hydrogen) atoms. The van der Waals surface area contributed by atoms with E-state index in [0.29, 0.717) is 6.04 Å². The monoisotopic (exact) mass is 315 g/mol. The van der Waals surface area contributed by atoms with Gasteiger partial charge in [0.15, 0.2) is 0 Å². The number of aromatic nitrogens is 2. The predicted molar refractivity (Wildman–Crippen MR) is 81.2 cm³/mol. The van der Waals surface area contributed by atoms with Gasteiger partial charge in [-0.2, -0.15) is 5.10 Å². The summed E-state index contributed by atoms with van der Waals surface area (Å²) in [5, 5.41) is 5.70. The highest BCUT2D eigenvalue weighted by Crippen LogP contribution is 2.11. The molecule has 0 fully saturated rings. The molecule has 0 bridgehead atoms. The molecule has 0 aromatic carbocycles. The fraction of sp³-hybridized carbons (Fsp3) is 0.786. The molecule has 0 aliphatic carbocycles. The van der Waals surface area contributed by atoms with Crippen molar-refractivity contribution in [1.29, 1.82) is 0 Å². The summed E-state index contributed by atoms with van der Waals surface area (Å²) in [6.07, 6.45) is 5.75. The highest BCUT2D eigenvalue weighted by atomic mass is 79.9. The number of hydrogen-bond donors (Lipinski definition) is 0. The minimum absolute atomic E-state index is 0.499. The van der Waals surface area contributed by atoms with E-state index in [4.69, 9.17) is 0 Å². The van der Waals surface area contributed by atoms with Gasteiger partial charge in [-0.05, 0) is 32.4 Å². The van der Waals surface area contributed by atoms with Crippen molar-refractivity contribution >= 4 is 15.9 Å². The van der Waals surface area contributed by atoms with Crippen LogP contribution in [-0.4, -0.2) is 33.1 Å². The Bertz CT molecular complexity index is 325. The van der Waals surface area contributed by atoms with Gasteiger partial charge in [-0.3, -0.25) is 9.58 Å². The molecule has 104 valence electrons. The fourth-order valence-electron chi connectivity index (χ4n) is 1.89. The van der Waals surface area contributed by atoms with Gasteiger partial charge in [0.05, 0.1) is 5.69 Å². The van der Waals surface area contributed by atoms with Gasteiger partial charge in [0, 0.05) is 30.7 Å². The molecular formula is C14H26BrN3. The van der Waals surface area contributed by atoms with Crippen molar-refractivity contribution in [3.05, 3.63) is 18.0 Å². The average molecular weight is 316 g/mol. The largest absolute Gasteiger partial charge is 0.297 e. The Kier molecular flexibility index (Phi) is 7.59. The van der Waals surface area contributed by atoms with Crippen LogP contribution in [0.1, 0.15) is 51.8 Å². The maximum atomic E-state index is 4.67. The van der Waals surface area contributed by atoms with E-state index in [1.54, 1.807) is 0 Å². The summed E-state index contributed by atoms with van der Waals surface area (Å²) in [6.45, 7) is 9.88. The van der Waals surface area contributed by atoms with E-state index in [9.17, 15) is 0 Å². The van der Waals surface area contributed by atoms with E-state index < -0.39 is 0 Å². The molecule has 1 aromatic heterocycles. The maximum absolute atomic E-state index is 4.67. The van der Waals surface area contributed by atoms with Crippen molar-refractivity contribution in [2.45, 2.75) is 52.6 Å². The van der Waals surface area contributed by atoms with Crippen LogP contribution in [-0.2, 0) is 6.54 Å². The first kappa shape index (κ1) is 15.7. The molecule has 0 aliphatic heterocycles.